The van der Waals surface area contributed by atoms with Crippen LogP contribution in [0.15, 0.2) is 34.9 Å². The van der Waals surface area contributed by atoms with E-state index in [0.29, 0.717) is 6.54 Å². The van der Waals surface area contributed by atoms with Gasteiger partial charge in [0.25, 0.3) is 5.91 Å². The first kappa shape index (κ1) is 20.6. The van der Waals surface area contributed by atoms with E-state index in [1.54, 1.807) is 7.05 Å². The molecule has 0 aliphatic carbocycles. The molecule has 0 fully saturated rings. The smallest absolute Gasteiger partial charge is 0.256 e. The SMILES string of the molecule is CC(C)=CCC/C(C)=C/CC/C(C)=C/CN(C)C(=O)C(C)F. The summed E-state index contributed by atoms with van der Waals surface area (Å²) in [7, 11) is 1.63. The van der Waals surface area contributed by atoms with Gasteiger partial charge in [-0.2, -0.15) is 0 Å². The molecule has 1 atom stereocenters. The molecule has 1 amide bonds. The Morgan fingerprint density at radius 1 is 1.00 bits per heavy atom. The molecular formula is C19H32FNO. The molecule has 126 valence electrons. The summed E-state index contributed by atoms with van der Waals surface area (Å²) in [5, 5.41) is 0. The van der Waals surface area contributed by atoms with E-state index in [2.05, 4.69) is 39.8 Å². The highest BCUT2D eigenvalue weighted by atomic mass is 19.1. The summed E-state index contributed by atoms with van der Waals surface area (Å²) < 4.78 is 12.9. The lowest BCUT2D eigenvalue weighted by molar-refractivity contribution is -0.134. The number of nitrogens with zero attached hydrogens (tertiary/aromatic N) is 1. The Labute approximate surface area is 135 Å². The van der Waals surface area contributed by atoms with Crippen molar-refractivity contribution >= 4 is 5.91 Å². The lowest BCUT2D eigenvalue weighted by Gasteiger charge is -2.16. The molecule has 0 aromatic carbocycles. The predicted molar refractivity (Wildman–Crippen MR) is 93.6 cm³/mol. The van der Waals surface area contributed by atoms with Crippen molar-refractivity contribution in [1.82, 2.24) is 4.90 Å². The average Bonchev–Trinajstić information content (AvgIpc) is 2.43. The minimum absolute atomic E-state index is 0.459. The van der Waals surface area contributed by atoms with Crippen LogP contribution in [-0.4, -0.2) is 30.6 Å². The van der Waals surface area contributed by atoms with E-state index in [9.17, 15) is 9.18 Å². The fraction of sp³-hybridized carbons (Fsp3) is 0.632. The Morgan fingerprint density at radius 3 is 2.00 bits per heavy atom. The maximum Gasteiger partial charge on any atom is 0.256 e. The van der Waals surface area contributed by atoms with E-state index >= 15 is 0 Å². The predicted octanol–water partition coefficient (Wildman–Crippen LogP) is 5.22. The van der Waals surface area contributed by atoms with Crippen molar-refractivity contribution in [2.24, 2.45) is 0 Å². The van der Waals surface area contributed by atoms with E-state index < -0.39 is 12.1 Å². The van der Waals surface area contributed by atoms with Crippen molar-refractivity contribution in [3.05, 3.63) is 34.9 Å². The van der Waals surface area contributed by atoms with Gasteiger partial charge in [-0.05, 0) is 60.3 Å². The van der Waals surface area contributed by atoms with E-state index in [1.807, 2.05) is 6.08 Å². The monoisotopic (exact) mass is 309 g/mol. The molecule has 2 nitrogen and oxygen atoms in total. The highest BCUT2D eigenvalue weighted by molar-refractivity contribution is 5.80. The largest absolute Gasteiger partial charge is 0.340 e. The average molecular weight is 309 g/mol. The van der Waals surface area contributed by atoms with Gasteiger partial charge in [-0.25, -0.2) is 4.39 Å². The number of carbonyl (C=O) groups is 1. The summed E-state index contributed by atoms with van der Waals surface area (Å²) in [6.45, 7) is 10.2. The van der Waals surface area contributed by atoms with Crippen LogP contribution in [0.5, 0.6) is 0 Å². The van der Waals surface area contributed by atoms with Crippen LogP contribution in [0.3, 0.4) is 0 Å². The fourth-order valence-electron chi connectivity index (χ4n) is 2.03. The second-order valence-corrected chi connectivity index (χ2v) is 6.29. The molecule has 0 spiro atoms. The number of halogens is 1. The molecule has 0 heterocycles. The Balaban J connectivity index is 4.11. The molecule has 0 radical (unpaired) electrons. The molecule has 0 bridgehead atoms. The van der Waals surface area contributed by atoms with E-state index in [4.69, 9.17) is 0 Å². The van der Waals surface area contributed by atoms with Crippen LogP contribution in [0.1, 0.15) is 60.3 Å². The van der Waals surface area contributed by atoms with E-state index in [0.717, 1.165) is 25.7 Å². The highest BCUT2D eigenvalue weighted by Gasteiger charge is 2.14. The first-order chi connectivity index (χ1) is 10.2. The van der Waals surface area contributed by atoms with Crippen LogP contribution >= 0.6 is 0 Å². The third-order valence-electron chi connectivity index (χ3n) is 3.55. The van der Waals surface area contributed by atoms with Gasteiger partial charge in [-0.15, -0.1) is 0 Å². The zero-order valence-electron chi connectivity index (χ0n) is 15.1. The Hall–Kier alpha value is -1.38. The fourth-order valence-corrected chi connectivity index (χ4v) is 2.03. The maximum atomic E-state index is 12.9. The summed E-state index contributed by atoms with van der Waals surface area (Å²) in [5.74, 6) is -0.459. The molecule has 22 heavy (non-hydrogen) atoms. The van der Waals surface area contributed by atoms with Gasteiger partial charge < -0.3 is 4.90 Å². The topological polar surface area (TPSA) is 20.3 Å². The number of hydrogen-bond donors (Lipinski definition) is 0. The Kier molecular flexibility index (Phi) is 10.5. The Morgan fingerprint density at radius 2 is 1.50 bits per heavy atom. The Bertz CT molecular complexity index is 429. The van der Waals surface area contributed by atoms with Crippen LogP contribution in [0.2, 0.25) is 0 Å². The van der Waals surface area contributed by atoms with Gasteiger partial charge >= 0.3 is 0 Å². The van der Waals surface area contributed by atoms with Crippen LogP contribution in [0, 0.1) is 0 Å². The second kappa shape index (κ2) is 11.2. The number of carbonyl (C=O) groups excluding carboxylic acids is 1. The van der Waals surface area contributed by atoms with Gasteiger partial charge in [0.1, 0.15) is 0 Å². The van der Waals surface area contributed by atoms with Gasteiger partial charge in [-0.3, -0.25) is 4.79 Å². The molecule has 0 aliphatic heterocycles. The molecule has 0 N–H and O–H groups in total. The third kappa shape index (κ3) is 10.4. The molecular weight excluding hydrogens is 277 g/mol. The maximum absolute atomic E-state index is 12.9. The minimum atomic E-state index is -1.43. The molecule has 0 aromatic heterocycles. The number of alkyl halides is 1. The van der Waals surface area contributed by atoms with Crippen molar-refractivity contribution in [3.63, 3.8) is 0 Å². The van der Waals surface area contributed by atoms with Crippen LogP contribution in [0.25, 0.3) is 0 Å². The summed E-state index contributed by atoms with van der Waals surface area (Å²) in [6.07, 6.45) is 9.34. The second-order valence-electron chi connectivity index (χ2n) is 6.29. The first-order valence-electron chi connectivity index (χ1n) is 8.07. The molecule has 0 saturated heterocycles. The van der Waals surface area contributed by atoms with Crippen molar-refractivity contribution in [1.29, 1.82) is 0 Å². The number of rotatable bonds is 9. The highest BCUT2D eigenvalue weighted by Crippen LogP contribution is 2.11. The summed E-state index contributed by atoms with van der Waals surface area (Å²) in [5.41, 5.74) is 4.02. The normalized spacial score (nSPS) is 13.8. The molecule has 0 aromatic rings. The van der Waals surface area contributed by atoms with Gasteiger partial charge in [0.15, 0.2) is 6.17 Å². The van der Waals surface area contributed by atoms with Crippen molar-refractivity contribution < 1.29 is 9.18 Å². The van der Waals surface area contributed by atoms with Crippen LogP contribution in [-0.2, 0) is 4.79 Å². The van der Waals surface area contributed by atoms with Crippen molar-refractivity contribution in [2.45, 2.75) is 66.5 Å². The van der Waals surface area contributed by atoms with Gasteiger partial charge in [-0.1, -0.05) is 34.9 Å². The first-order valence-corrected chi connectivity index (χ1v) is 8.07. The number of hydrogen-bond acceptors (Lipinski definition) is 1. The molecule has 3 heteroatoms. The number of likely N-dealkylation sites (N-methyl/N-ethyl adjacent to an activating group) is 1. The third-order valence-corrected chi connectivity index (χ3v) is 3.55. The van der Waals surface area contributed by atoms with Gasteiger partial charge in [0.05, 0.1) is 0 Å². The lowest BCUT2D eigenvalue weighted by atomic mass is 10.1. The van der Waals surface area contributed by atoms with Gasteiger partial charge in [0.2, 0.25) is 0 Å². The summed E-state index contributed by atoms with van der Waals surface area (Å²) in [4.78, 5) is 12.8. The summed E-state index contributed by atoms with van der Waals surface area (Å²) >= 11 is 0. The van der Waals surface area contributed by atoms with Crippen molar-refractivity contribution in [3.8, 4) is 0 Å². The lowest BCUT2D eigenvalue weighted by Crippen LogP contribution is -2.32. The zero-order valence-corrected chi connectivity index (χ0v) is 15.1. The number of allylic oxidation sites excluding steroid dienone is 5. The standard InChI is InChI=1S/C19H32FNO/c1-15(2)9-7-10-16(3)11-8-12-17(4)13-14-21(6)19(22)18(5)20/h9,11,13,18H,7-8,10,12,14H2,1-6H3/b16-11+,17-13+. The summed E-state index contributed by atoms with van der Waals surface area (Å²) in [6, 6.07) is 0. The van der Waals surface area contributed by atoms with E-state index in [-0.39, 0.29) is 0 Å². The van der Waals surface area contributed by atoms with Crippen LogP contribution < -0.4 is 0 Å². The van der Waals surface area contributed by atoms with Crippen LogP contribution in [0.4, 0.5) is 4.39 Å². The molecule has 1 unspecified atom stereocenters. The number of amides is 1. The van der Waals surface area contributed by atoms with Crippen molar-refractivity contribution in [2.75, 3.05) is 13.6 Å². The van der Waals surface area contributed by atoms with E-state index in [1.165, 1.54) is 28.5 Å². The zero-order chi connectivity index (χ0) is 17.1. The minimum Gasteiger partial charge on any atom is -0.340 e. The quantitative estimate of drug-likeness (QED) is 0.535. The molecule has 0 rings (SSSR count). The molecule has 0 aliphatic rings. The molecule has 0 saturated carbocycles. The van der Waals surface area contributed by atoms with Gasteiger partial charge in [0, 0.05) is 13.6 Å².